The predicted molar refractivity (Wildman–Crippen MR) is 98.9 cm³/mol. The molecule has 1 saturated heterocycles. The zero-order valence-electron chi connectivity index (χ0n) is 14.1. The van der Waals surface area contributed by atoms with E-state index in [9.17, 15) is 9.18 Å². The third kappa shape index (κ3) is 3.93. The lowest BCUT2D eigenvalue weighted by Gasteiger charge is -2.36. The van der Waals surface area contributed by atoms with Gasteiger partial charge in [-0.05, 0) is 49.9 Å². The maximum absolute atomic E-state index is 13.8. The van der Waals surface area contributed by atoms with Crippen molar-refractivity contribution < 1.29 is 9.18 Å². The summed E-state index contributed by atoms with van der Waals surface area (Å²) in [5, 5.41) is 2.74. The van der Waals surface area contributed by atoms with Gasteiger partial charge in [0.25, 0.3) is 5.91 Å². The van der Waals surface area contributed by atoms with Crippen molar-refractivity contribution in [1.29, 1.82) is 0 Å². The van der Waals surface area contributed by atoms with Crippen molar-refractivity contribution in [1.82, 2.24) is 4.98 Å². The molecule has 0 saturated carbocycles. The molecule has 3 rings (SSSR count). The zero-order chi connectivity index (χ0) is 17.8. The fourth-order valence-corrected chi connectivity index (χ4v) is 3.51. The van der Waals surface area contributed by atoms with E-state index in [1.54, 1.807) is 12.3 Å². The molecule has 1 amide bonds. The van der Waals surface area contributed by atoms with Crippen LogP contribution in [0.5, 0.6) is 0 Å². The van der Waals surface area contributed by atoms with Gasteiger partial charge in [0.05, 0.1) is 22.5 Å². The SMILES string of the molecule is CCC1CCCCN1c1ccc(NC(=O)c2c(F)cccc2Cl)cn1. The molecule has 0 radical (unpaired) electrons. The molecule has 1 N–H and O–H groups in total. The minimum atomic E-state index is -0.645. The Balaban J connectivity index is 1.73. The van der Waals surface area contributed by atoms with E-state index in [0.717, 1.165) is 18.8 Å². The molecule has 1 atom stereocenters. The molecule has 132 valence electrons. The number of aromatic nitrogens is 1. The van der Waals surface area contributed by atoms with Crippen molar-refractivity contribution in [3.8, 4) is 0 Å². The van der Waals surface area contributed by atoms with Crippen LogP contribution in [0.1, 0.15) is 43.0 Å². The van der Waals surface area contributed by atoms with Gasteiger partial charge in [-0.15, -0.1) is 0 Å². The Kier molecular flexibility index (Phi) is 5.53. The lowest BCUT2D eigenvalue weighted by molar-refractivity contribution is 0.102. The molecule has 6 heteroatoms. The number of amides is 1. The average Bonchev–Trinajstić information content (AvgIpc) is 2.62. The molecule has 0 aliphatic carbocycles. The van der Waals surface area contributed by atoms with Crippen LogP contribution in [0.3, 0.4) is 0 Å². The third-order valence-corrected chi connectivity index (χ3v) is 4.90. The lowest BCUT2D eigenvalue weighted by atomic mass is 10.00. The van der Waals surface area contributed by atoms with E-state index in [2.05, 4.69) is 22.1 Å². The van der Waals surface area contributed by atoms with Crippen LogP contribution in [0.25, 0.3) is 0 Å². The first-order valence-electron chi connectivity index (χ1n) is 8.58. The van der Waals surface area contributed by atoms with E-state index in [1.165, 1.54) is 37.5 Å². The summed E-state index contributed by atoms with van der Waals surface area (Å²) < 4.78 is 13.8. The minimum absolute atomic E-state index is 0.0844. The van der Waals surface area contributed by atoms with Crippen LogP contribution in [-0.4, -0.2) is 23.5 Å². The molecule has 0 spiro atoms. The largest absolute Gasteiger partial charge is 0.354 e. The third-order valence-electron chi connectivity index (χ3n) is 4.59. The van der Waals surface area contributed by atoms with Gasteiger partial charge >= 0.3 is 0 Å². The highest BCUT2D eigenvalue weighted by molar-refractivity contribution is 6.34. The van der Waals surface area contributed by atoms with Crippen LogP contribution in [0.4, 0.5) is 15.9 Å². The molecule has 1 aromatic heterocycles. The summed E-state index contributed by atoms with van der Waals surface area (Å²) in [4.78, 5) is 19.1. The number of nitrogens with one attached hydrogen (secondary N) is 1. The quantitative estimate of drug-likeness (QED) is 0.842. The van der Waals surface area contributed by atoms with E-state index in [-0.39, 0.29) is 10.6 Å². The molecule has 1 aromatic carbocycles. The maximum Gasteiger partial charge on any atom is 0.260 e. The molecule has 2 heterocycles. The Morgan fingerprint density at radius 1 is 1.36 bits per heavy atom. The summed E-state index contributed by atoms with van der Waals surface area (Å²) in [5.74, 6) is -0.316. The van der Waals surface area contributed by atoms with Gasteiger partial charge in [0.2, 0.25) is 0 Å². The summed E-state index contributed by atoms with van der Waals surface area (Å²) in [6.07, 6.45) is 6.30. The number of piperidine rings is 1. The summed E-state index contributed by atoms with van der Waals surface area (Å²) in [6.45, 7) is 3.19. The first-order chi connectivity index (χ1) is 12.1. The second kappa shape index (κ2) is 7.83. The standard InChI is InChI=1S/C19H21ClFN3O/c1-2-14-6-3-4-11-24(14)17-10-9-13(12-22-17)23-19(25)18-15(20)7-5-8-16(18)21/h5,7-10,12,14H,2-4,6,11H2,1H3,(H,23,25). The van der Waals surface area contributed by atoms with Crippen molar-refractivity contribution in [2.75, 3.05) is 16.8 Å². The topological polar surface area (TPSA) is 45.2 Å². The highest BCUT2D eigenvalue weighted by Gasteiger charge is 2.22. The summed E-state index contributed by atoms with van der Waals surface area (Å²) in [6, 6.07) is 8.36. The number of anilines is 2. The Bertz CT molecular complexity index is 731. The van der Waals surface area contributed by atoms with Crippen LogP contribution in [0, 0.1) is 5.82 Å². The minimum Gasteiger partial charge on any atom is -0.354 e. The van der Waals surface area contributed by atoms with Gasteiger partial charge in [-0.1, -0.05) is 24.6 Å². The van der Waals surface area contributed by atoms with Gasteiger partial charge in [-0.2, -0.15) is 0 Å². The molecular formula is C19H21ClFN3O. The van der Waals surface area contributed by atoms with Crippen molar-refractivity contribution in [2.45, 2.75) is 38.6 Å². The number of halogens is 2. The van der Waals surface area contributed by atoms with Crippen LogP contribution in [0.2, 0.25) is 5.02 Å². The van der Waals surface area contributed by atoms with Gasteiger partial charge in [0, 0.05) is 12.6 Å². The number of hydrogen-bond acceptors (Lipinski definition) is 3. The van der Waals surface area contributed by atoms with Gasteiger partial charge in [-0.3, -0.25) is 4.79 Å². The zero-order valence-corrected chi connectivity index (χ0v) is 14.9. The van der Waals surface area contributed by atoms with Crippen LogP contribution in [0.15, 0.2) is 36.5 Å². The lowest BCUT2D eigenvalue weighted by Crippen LogP contribution is -2.39. The molecule has 1 aliphatic heterocycles. The number of carbonyl (C=O) groups excluding carboxylic acids is 1. The molecule has 1 aliphatic rings. The number of carbonyl (C=O) groups is 1. The van der Waals surface area contributed by atoms with Gasteiger partial charge in [-0.25, -0.2) is 9.37 Å². The number of benzene rings is 1. The first-order valence-corrected chi connectivity index (χ1v) is 8.96. The van der Waals surface area contributed by atoms with Crippen LogP contribution in [-0.2, 0) is 0 Å². The number of pyridine rings is 1. The normalized spacial score (nSPS) is 17.4. The summed E-state index contributed by atoms with van der Waals surface area (Å²) in [7, 11) is 0. The van der Waals surface area contributed by atoms with E-state index < -0.39 is 11.7 Å². The molecule has 4 nitrogen and oxygen atoms in total. The van der Waals surface area contributed by atoms with Crippen molar-refractivity contribution in [3.63, 3.8) is 0 Å². The molecule has 1 fully saturated rings. The Hall–Kier alpha value is -2.14. The Morgan fingerprint density at radius 2 is 2.20 bits per heavy atom. The molecule has 1 unspecified atom stereocenters. The fraction of sp³-hybridized carbons (Fsp3) is 0.368. The predicted octanol–water partition coefficient (Wildman–Crippen LogP) is 4.90. The Labute approximate surface area is 152 Å². The molecule has 0 bridgehead atoms. The second-order valence-electron chi connectivity index (χ2n) is 6.21. The fourth-order valence-electron chi connectivity index (χ4n) is 3.26. The average molecular weight is 362 g/mol. The van der Waals surface area contributed by atoms with Crippen LogP contribution >= 0.6 is 11.6 Å². The number of rotatable bonds is 4. The van der Waals surface area contributed by atoms with Gasteiger partial charge in [0.1, 0.15) is 11.6 Å². The van der Waals surface area contributed by atoms with Gasteiger partial charge < -0.3 is 10.2 Å². The molecule has 2 aromatic rings. The van der Waals surface area contributed by atoms with Crippen molar-refractivity contribution in [2.24, 2.45) is 0 Å². The van der Waals surface area contributed by atoms with Crippen LogP contribution < -0.4 is 10.2 Å². The Morgan fingerprint density at radius 3 is 2.88 bits per heavy atom. The van der Waals surface area contributed by atoms with Crippen molar-refractivity contribution in [3.05, 3.63) is 52.9 Å². The summed E-state index contributed by atoms with van der Waals surface area (Å²) >= 11 is 5.93. The van der Waals surface area contributed by atoms with E-state index in [1.807, 2.05) is 6.07 Å². The first kappa shape index (κ1) is 17.7. The highest BCUT2D eigenvalue weighted by atomic mass is 35.5. The van der Waals surface area contributed by atoms with Gasteiger partial charge in [0.15, 0.2) is 0 Å². The number of nitrogens with zero attached hydrogens (tertiary/aromatic N) is 2. The van der Waals surface area contributed by atoms with E-state index >= 15 is 0 Å². The number of hydrogen-bond donors (Lipinski definition) is 1. The smallest absolute Gasteiger partial charge is 0.260 e. The highest BCUT2D eigenvalue weighted by Crippen LogP contribution is 2.26. The monoisotopic (exact) mass is 361 g/mol. The molecular weight excluding hydrogens is 341 g/mol. The van der Waals surface area contributed by atoms with E-state index in [0.29, 0.717) is 11.7 Å². The second-order valence-corrected chi connectivity index (χ2v) is 6.61. The maximum atomic E-state index is 13.8. The molecule has 25 heavy (non-hydrogen) atoms. The van der Waals surface area contributed by atoms with E-state index in [4.69, 9.17) is 11.6 Å². The van der Waals surface area contributed by atoms with Crippen molar-refractivity contribution >= 4 is 29.0 Å². The summed E-state index contributed by atoms with van der Waals surface area (Å²) in [5.41, 5.74) is 0.355.